The minimum absolute atomic E-state index is 0.201. The molecule has 0 atom stereocenters. The Hall–Kier alpha value is -2.57. The van der Waals surface area contributed by atoms with Gasteiger partial charge in [-0.1, -0.05) is 18.2 Å². The van der Waals surface area contributed by atoms with Crippen LogP contribution in [-0.4, -0.2) is 27.8 Å². The fourth-order valence-electron chi connectivity index (χ4n) is 1.29. The lowest BCUT2D eigenvalue weighted by molar-refractivity contribution is 0.262. The Labute approximate surface area is 104 Å². The van der Waals surface area contributed by atoms with E-state index < -0.39 is 6.03 Å². The van der Waals surface area contributed by atoms with E-state index in [-0.39, 0.29) is 12.0 Å². The van der Waals surface area contributed by atoms with E-state index in [2.05, 4.69) is 25.8 Å². The van der Waals surface area contributed by atoms with Crippen LogP contribution in [0.3, 0.4) is 0 Å². The van der Waals surface area contributed by atoms with Crippen molar-refractivity contribution >= 4 is 17.7 Å². The SMILES string of the molecule is CCOc1n[nH]c(NC(=O)Nc2ccccc2)n1. The molecule has 3 N–H and O–H groups in total. The Morgan fingerprint density at radius 2 is 2.11 bits per heavy atom. The summed E-state index contributed by atoms with van der Waals surface area (Å²) in [6.07, 6.45) is 0. The van der Waals surface area contributed by atoms with E-state index in [9.17, 15) is 4.79 Å². The summed E-state index contributed by atoms with van der Waals surface area (Å²) in [6, 6.07) is 8.90. The predicted molar refractivity (Wildman–Crippen MR) is 66.6 cm³/mol. The molecule has 1 aromatic carbocycles. The van der Waals surface area contributed by atoms with Crippen molar-refractivity contribution in [3.05, 3.63) is 30.3 Å². The molecule has 2 amide bonds. The number of urea groups is 1. The summed E-state index contributed by atoms with van der Waals surface area (Å²) in [7, 11) is 0. The molecule has 0 radical (unpaired) electrons. The number of H-pyrrole nitrogens is 1. The van der Waals surface area contributed by atoms with Gasteiger partial charge in [0.1, 0.15) is 0 Å². The zero-order valence-electron chi connectivity index (χ0n) is 9.80. The number of amides is 2. The Morgan fingerprint density at radius 3 is 2.83 bits per heavy atom. The third kappa shape index (κ3) is 3.21. The lowest BCUT2D eigenvalue weighted by Gasteiger charge is -2.04. The maximum Gasteiger partial charge on any atom is 0.337 e. The highest BCUT2D eigenvalue weighted by atomic mass is 16.5. The summed E-state index contributed by atoms with van der Waals surface area (Å²) in [4.78, 5) is 15.5. The van der Waals surface area contributed by atoms with Gasteiger partial charge in [0.25, 0.3) is 0 Å². The van der Waals surface area contributed by atoms with Crippen LogP contribution < -0.4 is 15.4 Å². The van der Waals surface area contributed by atoms with Crippen LogP contribution in [0.15, 0.2) is 30.3 Å². The molecule has 0 saturated carbocycles. The van der Waals surface area contributed by atoms with Crippen LogP contribution in [0.1, 0.15) is 6.92 Å². The maximum absolute atomic E-state index is 11.6. The van der Waals surface area contributed by atoms with Gasteiger partial charge in [-0.15, -0.1) is 5.10 Å². The number of aromatic amines is 1. The number of rotatable bonds is 4. The Kier molecular flexibility index (Phi) is 3.75. The molecule has 0 aliphatic rings. The Bertz CT molecular complexity index is 511. The predicted octanol–water partition coefficient (Wildman–Crippen LogP) is 1.85. The number of nitrogens with one attached hydrogen (secondary N) is 3. The maximum atomic E-state index is 11.6. The van der Waals surface area contributed by atoms with Crippen molar-refractivity contribution in [1.82, 2.24) is 15.2 Å². The van der Waals surface area contributed by atoms with E-state index in [0.717, 1.165) is 0 Å². The van der Waals surface area contributed by atoms with Gasteiger partial charge < -0.3 is 10.1 Å². The highest BCUT2D eigenvalue weighted by Gasteiger charge is 2.07. The molecule has 18 heavy (non-hydrogen) atoms. The van der Waals surface area contributed by atoms with Crippen LogP contribution >= 0.6 is 0 Å². The standard InChI is InChI=1S/C11H13N5O2/c1-2-18-11-14-9(15-16-11)13-10(17)12-8-6-4-3-5-7-8/h3-7H,2H2,1H3,(H3,12,13,14,15,16,17). The van der Waals surface area contributed by atoms with Crippen molar-refractivity contribution in [3.8, 4) is 6.01 Å². The van der Waals surface area contributed by atoms with Crippen LogP contribution in [0.25, 0.3) is 0 Å². The lowest BCUT2D eigenvalue weighted by Crippen LogP contribution is -2.20. The summed E-state index contributed by atoms with van der Waals surface area (Å²) in [5.74, 6) is 0.229. The lowest BCUT2D eigenvalue weighted by atomic mass is 10.3. The van der Waals surface area contributed by atoms with Gasteiger partial charge >= 0.3 is 12.0 Å². The van der Waals surface area contributed by atoms with Gasteiger partial charge in [0.05, 0.1) is 6.61 Å². The molecule has 7 heteroatoms. The van der Waals surface area contributed by atoms with Gasteiger partial charge in [-0.05, 0) is 19.1 Å². The van der Waals surface area contributed by atoms with Crippen LogP contribution in [0.4, 0.5) is 16.4 Å². The number of carbonyl (C=O) groups excluding carboxylic acids is 1. The van der Waals surface area contributed by atoms with E-state index in [4.69, 9.17) is 4.74 Å². The molecule has 2 aromatic rings. The second-order valence-electron chi connectivity index (χ2n) is 3.34. The van der Waals surface area contributed by atoms with Crippen molar-refractivity contribution in [2.45, 2.75) is 6.92 Å². The number of aromatic nitrogens is 3. The Balaban J connectivity index is 1.90. The smallest absolute Gasteiger partial charge is 0.337 e. The van der Waals surface area contributed by atoms with Gasteiger partial charge in [0.15, 0.2) is 0 Å². The summed E-state index contributed by atoms with van der Waals surface area (Å²) in [5, 5.41) is 11.5. The zero-order valence-corrected chi connectivity index (χ0v) is 9.80. The van der Waals surface area contributed by atoms with Crippen molar-refractivity contribution in [2.24, 2.45) is 0 Å². The fraction of sp³-hybridized carbons (Fsp3) is 0.182. The van der Waals surface area contributed by atoms with E-state index in [1.807, 2.05) is 25.1 Å². The Morgan fingerprint density at radius 1 is 1.33 bits per heavy atom. The molecule has 0 aliphatic heterocycles. The molecule has 0 saturated heterocycles. The quantitative estimate of drug-likeness (QED) is 0.768. The van der Waals surface area contributed by atoms with E-state index >= 15 is 0 Å². The largest absolute Gasteiger partial charge is 0.463 e. The highest BCUT2D eigenvalue weighted by molar-refractivity contribution is 5.98. The molecule has 2 rings (SSSR count). The molecule has 1 aromatic heterocycles. The van der Waals surface area contributed by atoms with E-state index in [1.165, 1.54) is 0 Å². The number of nitrogens with zero attached hydrogens (tertiary/aromatic N) is 2. The molecular weight excluding hydrogens is 234 g/mol. The van der Waals surface area contributed by atoms with Gasteiger partial charge in [-0.2, -0.15) is 4.98 Å². The van der Waals surface area contributed by atoms with E-state index in [0.29, 0.717) is 12.3 Å². The highest BCUT2D eigenvalue weighted by Crippen LogP contribution is 2.08. The topological polar surface area (TPSA) is 91.9 Å². The van der Waals surface area contributed by atoms with Gasteiger partial charge in [0.2, 0.25) is 5.95 Å². The fourth-order valence-corrected chi connectivity index (χ4v) is 1.29. The minimum Gasteiger partial charge on any atom is -0.463 e. The molecule has 0 bridgehead atoms. The average molecular weight is 247 g/mol. The van der Waals surface area contributed by atoms with Crippen molar-refractivity contribution in [2.75, 3.05) is 17.2 Å². The minimum atomic E-state index is -0.402. The van der Waals surface area contributed by atoms with Gasteiger partial charge in [0, 0.05) is 5.69 Å². The first-order valence-corrected chi connectivity index (χ1v) is 5.46. The van der Waals surface area contributed by atoms with Gasteiger partial charge in [-0.3, -0.25) is 5.32 Å². The first kappa shape index (κ1) is 11.9. The first-order valence-electron chi connectivity index (χ1n) is 5.46. The second-order valence-corrected chi connectivity index (χ2v) is 3.34. The number of hydrogen-bond acceptors (Lipinski definition) is 4. The summed E-state index contributed by atoms with van der Waals surface area (Å²) >= 11 is 0. The van der Waals surface area contributed by atoms with Crippen LogP contribution in [0, 0.1) is 0 Å². The molecule has 0 unspecified atom stereocenters. The number of benzene rings is 1. The number of hydrogen-bond donors (Lipinski definition) is 3. The number of ether oxygens (including phenoxy) is 1. The monoisotopic (exact) mass is 247 g/mol. The van der Waals surface area contributed by atoms with Crippen LogP contribution in [0.2, 0.25) is 0 Å². The molecule has 94 valence electrons. The number of anilines is 2. The second kappa shape index (κ2) is 5.67. The third-order valence-corrected chi connectivity index (χ3v) is 2.00. The van der Waals surface area contributed by atoms with Gasteiger partial charge in [-0.25, -0.2) is 9.89 Å². The third-order valence-electron chi connectivity index (χ3n) is 2.00. The molecule has 0 spiro atoms. The number of carbonyl (C=O) groups is 1. The zero-order chi connectivity index (χ0) is 12.8. The molecule has 1 heterocycles. The average Bonchev–Trinajstić information content (AvgIpc) is 2.78. The summed E-state index contributed by atoms with van der Waals surface area (Å²) < 4.78 is 5.06. The van der Waals surface area contributed by atoms with Crippen LogP contribution in [0.5, 0.6) is 6.01 Å². The molecule has 0 aliphatic carbocycles. The molecular formula is C11H13N5O2. The van der Waals surface area contributed by atoms with E-state index in [1.54, 1.807) is 12.1 Å². The normalized spacial score (nSPS) is 9.83. The van der Waals surface area contributed by atoms with Crippen molar-refractivity contribution in [1.29, 1.82) is 0 Å². The first-order chi connectivity index (χ1) is 8.78. The summed E-state index contributed by atoms with van der Waals surface area (Å²) in [6.45, 7) is 2.29. The van der Waals surface area contributed by atoms with Crippen molar-refractivity contribution < 1.29 is 9.53 Å². The van der Waals surface area contributed by atoms with Crippen LogP contribution in [-0.2, 0) is 0 Å². The van der Waals surface area contributed by atoms with Crippen molar-refractivity contribution in [3.63, 3.8) is 0 Å². The summed E-state index contributed by atoms with van der Waals surface area (Å²) in [5.41, 5.74) is 0.694. The molecule has 7 nitrogen and oxygen atoms in total. The molecule has 0 fully saturated rings. The number of para-hydroxylation sites is 1.